The Kier molecular flexibility index (Phi) is 5.48. The molecule has 0 aliphatic carbocycles. The second-order valence-corrected chi connectivity index (χ2v) is 6.33. The molecule has 1 nitrogen and oxygen atoms in total. The van der Waals surface area contributed by atoms with Crippen molar-refractivity contribution in [2.75, 3.05) is 25.4 Å². The highest BCUT2D eigenvalue weighted by Crippen LogP contribution is 2.28. The summed E-state index contributed by atoms with van der Waals surface area (Å²) >= 11 is 4.51. The van der Waals surface area contributed by atoms with Gasteiger partial charge in [0.2, 0.25) is 0 Å². The summed E-state index contributed by atoms with van der Waals surface area (Å²) < 4.78 is 0. The minimum Gasteiger partial charge on any atom is -0.303 e. The molecule has 1 unspecified atom stereocenters. The summed E-state index contributed by atoms with van der Waals surface area (Å²) in [7, 11) is 0. The van der Waals surface area contributed by atoms with Crippen LogP contribution in [-0.2, 0) is 0 Å². The molecule has 90 valence electrons. The number of thiol groups is 1. The van der Waals surface area contributed by atoms with Crippen LogP contribution in [0.25, 0.3) is 0 Å². The highest BCUT2D eigenvalue weighted by Gasteiger charge is 2.25. The highest BCUT2D eigenvalue weighted by atomic mass is 32.1. The zero-order chi connectivity index (χ0) is 11.3. The molecule has 1 aliphatic rings. The molecular formula is C13H27NS. The summed E-state index contributed by atoms with van der Waals surface area (Å²) in [6, 6.07) is 0. The molecule has 0 aromatic heterocycles. The molecule has 0 radical (unpaired) electrons. The van der Waals surface area contributed by atoms with Gasteiger partial charge in [0.15, 0.2) is 0 Å². The van der Waals surface area contributed by atoms with Gasteiger partial charge in [-0.1, -0.05) is 33.6 Å². The molecule has 0 aromatic carbocycles. The fourth-order valence-electron chi connectivity index (χ4n) is 2.24. The van der Waals surface area contributed by atoms with Crippen molar-refractivity contribution < 1.29 is 0 Å². The van der Waals surface area contributed by atoms with Crippen LogP contribution in [0.2, 0.25) is 0 Å². The number of rotatable bonds is 3. The van der Waals surface area contributed by atoms with Crippen LogP contribution in [0.5, 0.6) is 0 Å². The largest absolute Gasteiger partial charge is 0.303 e. The lowest BCUT2D eigenvalue weighted by Gasteiger charge is -2.34. The molecule has 0 bridgehead atoms. The lowest BCUT2D eigenvalue weighted by molar-refractivity contribution is 0.168. The molecule has 1 saturated heterocycles. The van der Waals surface area contributed by atoms with Gasteiger partial charge in [-0.3, -0.25) is 0 Å². The summed E-state index contributed by atoms with van der Waals surface area (Å²) in [5.41, 5.74) is 0.397. The monoisotopic (exact) mass is 229 g/mol. The third kappa shape index (κ3) is 4.78. The van der Waals surface area contributed by atoms with Gasteiger partial charge < -0.3 is 4.90 Å². The third-order valence-electron chi connectivity index (χ3n) is 3.62. The summed E-state index contributed by atoms with van der Waals surface area (Å²) in [5.74, 6) is 1.74. The molecule has 1 rings (SSSR count). The summed E-state index contributed by atoms with van der Waals surface area (Å²) in [6.45, 7) is 10.9. The fourth-order valence-corrected chi connectivity index (χ4v) is 2.90. The van der Waals surface area contributed by atoms with Gasteiger partial charge in [0.05, 0.1) is 0 Å². The van der Waals surface area contributed by atoms with E-state index >= 15 is 0 Å². The molecule has 1 aliphatic heterocycles. The van der Waals surface area contributed by atoms with E-state index in [0.717, 1.165) is 11.7 Å². The van der Waals surface area contributed by atoms with Crippen molar-refractivity contribution in [1.29, 1.82) is 0 Å². The van der Waals surface area contributed by atoms with Gasteiger partial charge >= 0.3 is 0 Å². The number of hydrogen-bond donors (Lipinski definition) is 1. The molecular weight excluding hydrogens is 202 g/mol. The smallest absolute Gasteiger partial charge is 0.00225 e. The van der Waals surface area contributed by atoms with Crippen molar-refractivity contribution >= 4 is 12.6 Å². The molecule has 1 atom stereocenters. The Morgan fingerprint density at radius 2 is 1.60 bits per heavy atom. The zero-order valence-corrected chi connectivity index (χ0v) is 11.5. The van der Waals surface area contributed by atoms with Gasteiger partial charge in [0, 0.05) is 6.54 Å². The van der Waals surface area contributed by atoms with Crippen molar-refractivity contribution in [2.24, 2.45) is 11.3 Å². The van der Waals surface area contributed by atoms with Crippen LogP contribution in [-0.4, -0.2) is 30.3 Å². The lowest BCUT2D eigenvalue weighted by Crippen LogP contribution is -2.37. The number of hydrogen-bond acceptors (Lipinski definition) is 2. The maximum atomic E-state index is 4.51. The summed E-state index contributed by atoms with van der Waals surface area (Å²) in [6.07, 6.45) is 5.64. The highest BCUT2D eigenvalue weighted by molar-refractivity contribution is 7.80. The van der Waals surface area contributed by atoms with Crippen LogP contribution in [0.15, 0.2) is 0 Å². The van der Waals surface area contributed by atoms with E-state index in [1.807, 2.05) is 0 Å². The van der Waals surface area contributed by atoms with Crippen molar-refractivity contribution in [3.05, 3.63) is 0 Å². The molecule has 0 spiro atoms. The van der Waals surface area contributed by atoms with Crippen molar-refractivity contribution in [1.82, 2.24) is 4.90 Å². The average molecular weight is 229 g/mol. The van der Waals surface area contributed by atoms with Crippen LogP contribution < -0.4 is 0 Å². The van der Waals surface area contributed by atoms with Gasteiger partial charge in [0.25, 0.3) is 0 Å². The Morgan fingerprint density at radius 1 is 1.07 bits per heavy atom. The predicted molar refractivity (Wildman–Crippen MR) is 71.7 cm³/mol. The van der Waals surface area contributed by atoms with Crippen LogP contribution in [0, 0.1) is 11.3 Å². The van der Waals surface area contributed by atoms with Gasteiger partial charge in [-0.15, -0.1) is 0 Å². The molecule has 1 heterocycles. The summed E-state index contributed by atoms with van der Waals surface area (Å²) in [4.78, 5) is 2.65. The normalized spacial score (nSPS) is 22.4. The maximum absolute atomic E-state index is 4.51. The van der Waals surface area contributed by atoms with Crippen LogP contribution in [0.4, 0.5) is 0 Å². The third-order valence-corrected chi connectivity index (χ3v) is 4.06. The van der Waals surface area contributed by atoms with Gasteiger partial charge in [-0.2, -0.15) is 12.6 Å². The topological polar surface area (TPSA) is 3.24 Å². The van der Waals surface area contributed by atoms with Crippen molar-refractivity contribution in [3.63, 3.8) is 0 Å². The Hall–Kier alpha value is 0.310. The van der Waals surface area contributed by atoms with Crippen LogP contribution >= 0.6 is 12.6 Å². The zero-order valence-electron chi connectivity index (χ0n) is 10.6. The summed E-state index contributed by atoms with van der Waals surface area (Å²) in [5, 5.41) is 0. The quantitative estimate of drug-likeness (QED) is 0.726. The first-order valence-electron chi connectivity index (χ1n) is 6.37. The Bertz CT molecular complexity index is 166. The van der Waals surface area contributed by atoms with Gasteiger partial charge in [-0.05, 0) is 43.0 Å². The molecule has 0 amide bonds. The SMILES string of the molecule is CC(C)(C)C(CS)CN1CCCCCC1. The van der Waals surface area contributed by atoms with Crippen LogP contribution in [0.3, 0.4) is 0 Å². The Balaban J connectivity index is 2.42. The lowest BCUT2D eigenvalue weighted by atomic mass is 9.81. The average Bonchev–Trinajstić information content (AvgIpc) is 2.40. The first kappa shape index (κ1) is 13.4. The Morgan fingerprint density at radius 3 is 2.00 bits per heavy atom. The minimum atomic E-state index is 0.397. The van der Waals surface area contributed by atoms with E-state index in [-0.39, 0.29) is 0 Å². The maximum Gasteiger partial charge on any atom is 0.00225 e. The van der Waals surface area contributed by atoms with Crippen molar-refractivity contribution in [2.45, 2.75) is 46.5 Å². The predicted octanol–water partition coefficient (Wildman–Crippen LogP) is 3.45. The molecule has 0 saturated carbocycles. The molecule has 1 fully saturated rings. The number of likely N-dealkylation sites (tertiary alicyclic amines) is 1. The van der Waals surface area contributed by atoms with E-state index in [0.29, 0.717) is 5.41 Å². The molecule has 0 N–H and O–H groups in total. The minimum absolute atomic E-state index is 0.397. The first-order chi connectivity index (χ1) is 7.04. The molecule has 15 heavy (non-hydrogen) atoms. The van der Waals surface area contributed by atoms with E-state index in [1.165, 1.54) is 45.3 Å². The van der Waals surface area contributed by atoms with E-state index in [9.17, 15) is 0 Å². The van der Waals surface area contributed by atoms with Gasteiger partial charge in [0.1, 0.15) is 0 Å². The molecule has 2 heteroatoms. The van der Waals surface area contributed by atoms with E-state index in [1.54, 1.807) is 0 Å². The van der Waals surface area contributed by atoms with Crippen molar-refractivity contribution in [3.8, 4) is 0 Å². The number of nitrogens with zero attached hydrogens (tertiary/aromatic N) is 1. The first-order valence-corrected chi connectivity index (χ1v) is 7.00. The van der Waals surface area contributed by atoms with Crippen LogP contribution in [0.1, 0.15) is 46.5 Å². The molecule has 0 aromatic rings. The Labute approximate surface area is 101 Å². The van der Waals surface area contributed by atoms with E-state index in [2.05, 4.69) is 38.3 Å². The van der Waals surface area contributed by atoms with E-state index in [4.69, 9.17) is 0 Å². The van der Waals surface area contributed by atoms with E-state index < -0.39 is 0 Å². The standard InChI is InChI=1S/C13H27NS/c1-13(2,3)12(11-15)10-14-8-6-4-5-7-9-14/h12,15H,4-11H2,1-3H3. The second kappa shape index (κ2) is 6.15. The van der Waals surface area contributed by atoms with Gasteiger partial charge in [-0.25, -0.2) is 0 Å². The fraction of sp³-hybridized carbons (Fsp3) is 1.00. The second-order valence-electron chi connectivity index (χ2n) is 5.96.